The van der Waals surface area contributed by atoms with E-state index in [-0.39, 0.29) is 54.3 Å². The Labute approximate surface area is 205 Å². The van der Waals surface area contributed by atoms with Crippen LogP contribution in [0.15, 0.2) is 48.5 Å². The Bertz CT molecular complexity index is 1180. The molecule has 36 heavy (non-hydrogen) atoms. The third kappa shape index (κ3) is 4.64. The Morgan fingerprint density at radius 1 is 0.972 bits per heavy atom. The summed E-state index contributed by atoms with van der Waals surface area (Å²) in [5.74, 6) is -1.95. The van der Waals surface area contributed by atoms with E-state index in [0.717, 1.165) is 43.4 Å². The molecule has 1 heterocycles. The van der Waals surface area contributed by atoms with Crippen molar-refractivity contribution in [3.05, 3.63) is 59.7 Å². The SMILES string of the molecule is O=C(O)CCC(=O)N(C1CC1)C1c2ccccc2N(C(=O)c2ccc(OC(F)(F)F)cc2)C2CCC21. The number of amides is 2. The Hall–Kier alpha value is -3.56. The molecule has 1 aliphatic heterocycles. The number of aliphatic carboxylic acids is 1. The minimum Gasteiger partial charge on any atom is -0.481 e. The van der Waals surface area contributed by atoms with Crippen molar-refractivity contribution >= 4 is 23.5 Å². The van der Waals surface area contributed by atoms with Gasteiger partial charge in [0, 0.05) is 35.7 Å². The summed E-state index contributed by atoms with van der Waals surface area (Å²) in [4.78, 5) is 41.4. The lowest BCUT2D eigenvalue weighted by Gasteiger charge is -2.55. The van der Waals surface area contributed by atoms with Crippen LogP contribution in [0.5, 0.6) is 5.75 Å². The first-order valence-corrected chi connectivity index (χ1v) is 12.0. The molecule has 7 nitrogen and oxygen atoms in total. The Morgan fingerprint density at radius 3 is 2.25 bits per heavy atom. The molecule has 0 radical (unpaired) electrons. The van der Waals surface area contributed by atoms with Crippen LogP contribution in [0.25, 0.3) is 0 Å². The van der Waals surface area contributed by atoms with Crippen molar-refractivity contribution < 1.29 is 37.4 Å². The maximum atomic E-state index is 13.6. The van der Waals surface area contributed by atoms with Gasteiger partial charge in [0.15, 0.2) is 0 Å². The second kappa shape index (κ2) is 9.15. The van der Waals surface area contributed by atoms with Crippen molar-refractivity contribution in [2.24, 2.45) is 5.92 Å². The molecule has 2 aliphatic carbocycles. The van der Waals surface area contributed by atoms with E-state index in [2.05, 4.69) is 4.74 Å². The lowest BCUT2D eigenvalue weighted by molar-refractivity contribution is -0.274. The van der Waals surface area contributed by atoms with Crippen molar-refractivity contribution in [2.45, 2.75) is 63.0 Å². The van der Waals surface area contributed by atoms with Crippen molar-refractivity contribution in [3.63, 3.8) is 0 Å². The number of hydrogen-bond donors (Lipinski definition) is 1. The number of benzene rings is 2. The molecule has 0 bridgehead atoms. The molecule has 2 amide bonds. The van der Waals surface area contributed by atoms with Crippen LogP contribution in [-0.2, 0) is 9.59 Å². The maximum Gasteiger partial charge on any atom is 0.573 e. The highest BCUT2D eigenvalue weighted by molar-refractivity contribution is 6.07. The summed E-state index contributed by atoms with van der Waals surface area (Å²) < 4.78 is 41.4. The second-order valence-corrected chi connectivity index (χ2v) is 9.49. The van der Waals surface area contributed by atoms with E-state index >= 15 is 0 Å². The molecular weight excluding hydrogens is 477 g/mol. The zero-order valence-corrected chi connectivity index (χ0v) is 19.3. The molecule has 0 saturated heterocycles. The van der Waals surface area contributed by atoms with Crippen molar-refractivity contribution in [2.75, 3.05) is 4.90 Å². The predicted molar refractivity (Wildman–Crippen MR) is 122 cm³/mol. The number of nitrogens with zero attached hydrogens (tertiary/aromatic N) is 2. The average Bonchev–Trinajstić information content (AvgIpc) is 3.63. The molecule has 1 N–H and O–H groups in total. The number of halogens is 3. The molecular formula is C26H25F3N2O5. The summed E-state index contributed by atoms with van der Waals surface area (Å²) in [5.41, 5.74) is 1.74. The summed E-state index contributed by atoms with van der Waals surface area (Å²) in [5, 5.41) is 9.07. The molecule has 2 aromatic rings. The highest BCUT2D eigenvalue weighted by Crippen LogP contribution is 2.54. The van der Waals surface area contributed by atoms with Gasteiger partial charge < -0.3 is 19.6 Å². The number of carboxylic acid groups (broad SMARTS) is 1. The molecule has 5 rings (SSSR count). The van der Waals surface area contributed by atoms with Gasteiger partial charge in [-0.2, -0.15) is 0 Å². The summed E-state index contributed by atoms with van der Waals surface area (Å²) in [6.45, 7) is 0. The fraction of sp³-hybridized carbons (Fsp3) is 0.423. The molecule has 10 heteroatoms. The summed E-state index contributed by atoms with van der Waals surface area (Å²) in [6.07, 6.45) is -1.85. The number of para-hydroxylation sites is 1. The van der Waals surface area contributed by atoms with E-state index in [1.807, 2.05) is 29.2 Å². The number of hydrogen-bond acceptors (Lipinski definition) is 4. The van der Waals surface area contributed by atoms with Crippen LogP contribution < -0.4 is 9.64 Å². The van der Waals surface area contributed by atoms with Gasteiger partial charge in [-0.15, -0.1) is 13.2 Å². The number of anilines is 1. The van der Waals surface area contributed by atoms with Crippen LogP contribution >= 0.6 is 0 Å². The largest absolute Gasteiger partial charge is 0.573 e. The van der Waals surface area contributed by atoms with Crippen molar-refractivity contribution in [1.29, 1.82) is 0 Å². The smallest absolute Gasteiger partial charge is 0.481 e. The Morgan fingerprint density at radius 2 is 1.67 bits per heavy atom. The predicted octanol–water partition coefficient (Wildman–Crippen LogP) is 4.92. The fourth-order valence-electron chi connectivity index (χ4n) is 5.40. The molecule has 190 valence electrons. The molecule has 3 atom stereocenters. The number of carbonyl (C=O) groups excluding carboxylic acids is 2. The lowest BCUT2D eigenvalue weighted by Crippen LogP contribution is -2.59. The number of alkyl halides is 3. The number of carboxylic acids is 1. The van der Waals surface area contributed by atoms with Crippen LogP contribution in [0.3, 0.4) is 0 Å². The van der Waals surface area contributed by atoms with E-state index in [9.17, 15) is 27.6 Å². The summed E-state index contributed by atoms with van der Waals surface area (Å²) >= 11 is 0. The Balaban J connectivity index is 1.46. The Kier molecular flexibility index (Phi) is 6.13. The molecule has 0 spiro atoms. The first-order valence-electron chi connectivity index (χ1n) is 12.0. The topological polar surface area (TPSA) is 87.2 Å². The minimum absolute atomic E-state index is 0.00827. The van der Waals surface area contributed by atoms with E-state index in [0.29, 0.717) is 5.69 Å². The van der Waals surface area contributed by atoms with Crippen LogP contribution in [-0.4, -0.2) is 46.2 Å². The van der Waals surface area contributed by atoms with Gasteiger partial charge in [0.05, 0.1) is 12.5 Å². The molecule has 2 fully saturated rings. The first kappa shape index (κ1) is 24.1. The van der Waals surface area contributed by atoms with E-state index in [1.165, 1.54) is 12.1 Å². The fourth-order valence-corrected chi connectivity index (χ4v) is 5.40. The van der Waals surface area contributed by atoms with Gasteiger partial charge in [-0.3, -0.25) is 14.4 Å². The highest BCUT2D eigenvalue weighted by atomic mass is 19.4. The van der Waals surface area contributed by atoms with Crippen LogP contribution in [0.2, 0.25) is 0 Å². The van der Waals surface area contributed by atoms with Gasteiger partial charge in [-0.05, 0) is 61.6 Å². The summed E-state index contributed by atoms with van der Waals surface area (Å²) in [7, 11) is 0. The van der Waals surface area contributed by atoms with E-state index < -0.39 is 18.1 Å². The number of rotatable bonds is 7. The maximum absolute atomic E-state index is 13.6. The zero-order valence-electron chi connectivity index (χ0n) is 19.3. The quantitative estimate of drug-likeness (QED) is 0.581. The molecule has 3 unspecified atom stereocenters. The molecule has 2 aromatic carbocycles. The summed E-state index contributed by atoms with van der Waals surface area (Å²) in [6, 6.07) is 11.9. The highest BCUT2D eigenvalue weighted by Gasteiger charge is 2.53. The number of fused-ring (bicyclic) bond motifs is 2. The van der Waals surface area contributed by atoms with E-state index in [4.69, 9.17) is 5.11 Å². The van der Waals surface area contributed by atoms with Crippen molar-refractivity contribution in [3.8, 4) is 5.75 Å². The monoisotopic (exact) mass is 502 g/mol. The first-order chi connectivity index (χ1) is 17.1. The van der Waals surface area contributed by atoms with Gasteiger partial charge >= 0.3 is 12.3 Å². The molecule has 3 aliphatic rings. The minimum atomic E-state index is -4.82. The standard InChI is InChI=1S/C26H25F3N2O5/c27-26(28,29)36-17-9-5-15(6-10-17)25(35)31-20-4-2-1-3-18(20)24(19-11-12-21(19)31)30(16-7-8-16)22(32)13-14-23(33)34/h1-6,9-10,16,19,21,24H,7-8,11-14H2,(H,33,34). The molecule has 2 saturated carbocycles. The van der Waals surface area contributed by atoms with E-state index in [1.54, 1.807) is 4.90 Å². The lowest BCUT2D eigenvalue weighted by atomic mass is 9.67. The number of ether oxygens (including phenoxy) is 1. The van der Waals surface area contributed by atoms with Gasteiger partial charge in [0.2, 0.25) is 5.91 Å². The normalized spacial score (nSPS) is 22.6. The average molecular weight is 502 g/mol. The third-order valence-electron chi connectivity index (χ3n) is 7.18. The van der Waals surface area contributed by atoms with Gasteiger partial charge in [-0.25, -0.2) is 0 Å². The van der Waals surface area contributed by atoms with Gasteiger partial charge in [-0.1, -0.05) is 18.2 Å². The zero-order chi connectivity index (χ0) is 25.6. The van der Waals surface area contributed by atoms with Gasteiger partial charge in [0.25, 0.3) is 5.91 Å². The molecule has 0 aromatic heterocycles. The van der Waals surface area contributed by atoms with Crippen LogP contribution in [0.1, 0.15) is 60.5 Å². The van der Waals surface area contributed by atoms with Gasteiger partial charge in [0.1, 0.15) is 5.75 Å². The van der Waals surface area contributed by atoms with Crippen LogP contribution in [0, 0.1) is 5.92 Å². The third-order valence-corrected chi connectivity index (χ3v) is 7.18. The van der Waals surface area contributed by atoms with Crippen LogP contribution in [0.4, 0.5) is 18.9 Å². The van der Waals surface area contributed by atoms with Crippen molar-refractivity contribution in [1.82, 2.24) is 4.90 Å². The number of carbonyl (C=O) groups is 3. The second-order valence-electron chi connectivity index (χ2n) is 9.49.